The first kappa shape index (κ1) is 13.2. The Morgan fingerprint density at radius 3 is 3.00 bits per heavy atom. The number of aromatic amines is 1. The normalized spacial score (nSPS) is 18.3. The third kappa shape index (κ3) is 2.31. The molecule has 1 atom stereocenters. The molecule has 22 heavy (non-hydrogen) atoms. The van der Waals surface area contributed by atoms with E-state index in [-0.39, 0.29) is 0 Å². The summed E-state index contributed by atoms with van der Waals surface area (Å²) in [7, 11) is 2.17. The molecule has 1 aromatic carbocycles. The van der Waals surface area contributed by atoms with E-state index in [1.807, 2.05) is 0 Å². The molecule has 3 aromatic rings. The fraction of sp³-hybridized carbons (Fsp3) is 0.312. The van der Waals surface area contributed by atoms with Crippen LogP contribution in [0, 0.1) is 0 Å². The highest BCUT2D eigenvalue weighted by Crippen LogP contribution is 2.22. The van der Waals surface area contributed by atoms with Gasteiger partial charge in [0.15, 0.2) is 11.5 Å². The SMILES string of the molecule is CN1Cc2ccccc2CC1CNc1ncnc2nc[nH]c12. The van der Waals surface area contributed by atoms with Gasteiger partial charge in [-0.15, -0.1) is 0 Å². The lowest BCUT2D eigenvalue weighted by Crippen LogP contribution is -2.42. The van der Waals surface area contributed by atoms with Crippen LogP contribution in [0.4, 0.5) is 5.82 Å². The van der Waals surface area contributed by atoms with Crippen molar-refractivity contribution < 1.29 is 0 Å². The molecule has 1 unspecified atom stereocenters. The van der Waals surface area contributed by atoms with Gasteiger partial charge in [0, 0.05) is 19.1 Å². The lowest BCUT2D eigenvalue weighted by Gasteiger charge is -2.34. The Hall–Kier alpha value is -2.47. The fourth-order valence-electron chi connectivity index (χ4n) is 3.06. The molecule has 112 valence electrons. The number of likely N-dealkylation sites (N-methyl/N-ethyl adjacent to an activating group) is 1. The molecule has 0 aliphatic carbocycles. The highest BCUT2D eigenvalue weighted by molar-refractivity contribution is 5.81. The predicted octanol–water partition coefficient (Wildman–Crippen LogP) is 1.82. The first-order valence-corrected chi connectivity index (χ1v) is 7.46. The average molecular weight is 294 g/mol. The smallest absolute Gasteiger partial charge is 0.182 e. The van der Waals surface area contributed by atoms with Crippen LogP contribution in [-0.2, 0) is 13.0 Å². The maximum Gasteiger partial charge on any atom is 0.182 e. The number of fused-ring (bicyclic) bond motifs is 2. The molecule has 0 spiro atoms. The molecule has 1 aliphatic rings. The second-order valence-electron chi connectivity index (χ2n) is 5.75. The van der Waals surface area contributed by atoms with Crippen molar-refractivity contribution >= 4 is 17.0 Å². The van der Waals surface area contributed by atoms with Crippen LogP contribution in [0.15, 0.2) is 36.9 Å². The zero-order valence-electron chi connectivity index (χ0n) is 12.5. The van der Waals surface area contributed by atoms with Crippen molar-refractivity contribution in [2.75, 3.05) is 18.9 Å². The van der Waals surface area contributed by atoms with Crippen molar-refractivity contribution in [2.24, 2.45) is 0 Å². The molecule has 0 fully saturated rings. The molecule has 6 heteroatoms. The molecule has 0 radical (unpaired) electrons. The van der Waals surface area contributed by atoms with E-state index in [1.54, 1.807) is 12.7 Å². The summed E-state index contributed by atoms with van der Waals surface area (Å²) in [6, 6.07) is 9.12. The highest BCUT2D eigenvalue weighted by atomic mass is 15.2. The Labute approximate surface area is 128 Å². The summed E-state index contributed by atoms with van der Waals surface area (Å²) in [5, 5.41) is 3.44. The molecule has 0 amide bonds. The molecule has 0 saturated heterocycles. The molecule has 4 rings (SSSR count). The van der Waals surface area contributed by atoms with E-state index in [9.17, 15) is 0 Å². The van der Waals surface area contributed by atoms with Crippen molar-refractivity contribution in [3.63, 3.8) is 0 Å². The third-order valence-electron chi connectivity index (χ3n) is 4.35. The standard InChI is InChI=1S/C16H18N6/c1-22-8-12-5-3-2-4-11(12)6-13(22)7-17-15-14-16(19-9-18-14)21-10-20-15/h2-5,9-10,13H,6-8H2,1H3,(H2,17,18,19,20,21). The van der Waals surface area contributed by atoms with Crippen LogP contribution in [0.1, 0.15) is 11.1 Å². The zero-order valence-corrected chi connectivity index (χ0v) is 12.5. The van der Waals surface area contributed by atoms with Crippen LogP contribution in [0.25, 0.3) is 11.2 Å². The molecule has 2 N–H and O–H groups in total. The Morgan fingerprint density at radius 2 is 2.09 bits per heavy atom. The van der Waals surface area contributed by atoms with Crippen LogP contribution < -0.4 is 5.32 Å². The van der Waals surface area contributed by atoms with Gasteiger partial charge in [0.05, 0.1) is 6.33 Å². The number of anilines is 1. The van der Waals surface area contributed by atoms with E-state index in [0.717, 1.165) is 30.8 Å². The van der Waals surface area contributed by atoms with E-state index in [0.29, 0.717) is 11.7 Å². The van der Waals surface area contributed by atoms with Gasteiger partial charge in [-0.1, -0.05) is 24.3 Å². The first-order chi connectivity index (χ1) is 10.8. The second-order valence-corrected chi connectivity index (χ2v) is 5.75. The van der Waals surface area contributed by atoms with Crippen molar-refractivity contribution in [2.45, 2.75) is 19.0 Å². The Kier molecular flexibility index (Phi) is 3.23. The third-order valence-corrected chi connectivity index (χ3v) is 4.35. The van der Waals surface area contributed by atoms with Gasteiger partial charge < -0.3 is 10.3 Å². The average Bonchev–Trinajstić information content (AvgIpc) is 3.02. The Bertz CT molecular complexity index is 796. The first-order valence-electron chi connectivity index (χ1n) is 7.46. The largest absolute Gasteiger partial charge is 0.367 e. The van der Waals surface area contributed by atoms with Crippen LogP contribution in [0.2, 0.25) is 0 Å². The zero-order chi connectivity index (χ0) is 14.9. The monoisotopic (exact) mass is 294 g/mol. The summed E-state index contributed by atoms with van der Waals surface area (Å²) < 4.78 is 0. The summed E-state index contributed by atoms with van der Waals surface area (Å²) in [5.74, 6) is 0.815. The molecular formula is C16H18N6. The second kappa shape index (κ2) is 5.38. The van der Waals surface area contributed by atoms with Gasteiger partial charge in [-0.2, -0.15) is 0 Å². The summed E-state index contributed by atoms with van der Waals surface area (Å²) in [4.78, 5) is 18.1. The van der Waals surface area contributed by atoms with Gasteiger partial charge in [-0.25, -0.2) is 15.0 Å². The molecule has 3 heterocycles. The molecule has 6 nitrogen and oxygen atoms in total. The van der Waals surface area contributed by atoms with E-state index in [2.05, 4.69) is 61.5 Å². The van der Waals surface area contributed by atoms with E-state index in [4.69, 9.17) is 0 Å². The molecule has 0 bridgehead atoms. The summed E-state index contributed by atoms with van der Waals surface area (Å²) in [5.41, 5.74) is 4.43. The van der Waals surface area contributed by atoms with Crippen molar-refractivity contribution in [3.05, 3.63) is 48.0 Å². The maximum absolute atomic E-state index is 4.32. The van der Waals surface area contributed by atoms with Crippen LogP contribution in [0.3, 0.4) is 0 Å². The number of imidazole rings is 1. The number of benzene rings is 1. The fourth-order valence-corrected chi connectivity index (χ4v) is 3.06. The number of nitrogens with one attached hydrogen (secondary N) is 2. The Balaban J connectivity index is 1.51. The number of nitrogens with zero attached hydrogens (tertiary/aromatic N) is 4. The number of rotatable bonds is 3. The van der Waals surface area contributed by atoms with Crippen LogP contribution in [-0.4, -0.2) is 44.5 Å². The summed E-state index contributed by atoms with van der Waals surface area (Å²) >= 11 is 0. The quantitative estimate of drug-likeness (QED) is 0.771. The molecule has 0 saturated carbocycles. The van der Waals surface area contributed by atoms with Crippen LogP contribution in [0.5, 0.6) is 0 Å². The number of aromatic nitrogens is 4. The van der Waals surface area contributed by atoms with Gasteiger partial charge in [0.2, 0.25) is 0 Å². The van der Waals surface area contributed by atoms with E-state index < -0.39 is 0 Å². The molecule has 1 aliphatic heterocycles. The van der Waals surface area contributed by atoms with Crippen molar-refractivity contribution in [1.29, 1.82) is 0 Å². The van der Waals surface area contributed by atoms with Gasteiger partial charge in [0.1, 0.15) is 11.8 Å². The summed E-state index contributed by atoms with van der Waals surface area (Å²) in [6.07, 6.45) is 4.25. The lowest BCUT2D eigenvalue weighted by molar-refractivity contribution is 0.225. The lowest BCUT2D eigenvalue weighted by atomic mass is 9.94. The maximum atomic E-state index is 4.32. The number of hydrogen-bond acceptors (Lipinski definition) is 5. The van der Waals surface area contributed by atoms with Gasteiger partial charge in [0.25, 0.3) is 0 Å². The minimum Gasteiger partial charge on any atom is -0.367 e. The molecule has 2 aromatic heterocycles. The Morgan fingerprint density at radius 1 is 1.23 bits per heavy atom. The van der Waals surface area contributed by atoms with Gasteiger partial charge in [-0.3, -0.25) is 4.90 Å². The van der Waals surface area contributed by atoms with Gasteiger partial charge >= 0.3 is 0 Å². The van der Waals surface area contributed by atoms with Crippen molar-refractivity contribution in [1.82, 2.24) is 24.8 Å². The topological polar surface area (TPSA) is 69.7 Å². The predicted molar refractivity (Wildman–Crippen MR) is 85.6 cm³/mol. The number of hydrogen-bond donors (Lipinski definition) is 2. The minimum atomic E-state index is 0.447. The summed E-state index contributed by atoms with van der Waals surface area (Å²) in [6.45, 7) is 1.84. The molecular weight excluding hydrogens is 276 g/mol. The van der Waals surface area contributed by atoms with E-state index in [1.165, 1.54) is 11.1 Å². The highest BCUT2D eigenvalue weighted by Gasteiger charge is 2.23. The van der Waals surface area contributed by atoms with Crippen molar-refractivity contribution in [3.8, 4) is 0 Å². The van der Waals surface area contributed by atoms with E-state index >= 15 is 0 Å². The van der Waals surface area contributed by atoms with Crippen LogP contribution >= 0.6 is 0 Å². The van der Waals surface area contributed by atoms with Gasteiger partial charge in [-0.05, 0) is 24.6 Å². The minimum absolute atomic E-state index is 0.447. The number of H-pyrrole nitrogens is 1.